The molecule has 0 N–H and O–H groups in total. The highest BCUT2D eigenvalue weighted by Gasteiger charge is 2.09. The number of halogens is 1. The molecule has 0 saturated heterocycles. The maximum Gasteiger partial charge on any atom is 0.229 e. The Morgan fingerprint density at radius 2 is 2.07 bits per heavy atom. The fourth-order valence-corrected chi connectivity index (χ4v) is 1.06. The number of aromatic nitrogens is 3. The number of rotatable bonds is 4. The number of hydrogen-bond acceptors (Lipinski definition) is 5. The predicted octanol–water partition coefficient (Wildman–Crippen LogP) is 1.60. The van der Waals surface area contributed by atoms with Crippen LogP contribution >= 0.6 is 11.6 Å². The summed E-state index contributed by atoms with van der Waals surface area (Å²) >= 11 is 5.75. The van der Waals surface area contributed by atoms with E-state index in [2.05, 4.69) is 21.5 Å². The van der Waals surface area contributed by atoms with Crippen LogP contribution in [0.1, 0.15) is 12.7 Å². The van der Waals surface area contributed by atoms with E-state index in [-0.39, 0.29) is 5.28 Å². The lowest BCUT2D eigenvalue weighted by molar-refractivity contribution is 0.296. The van der Waals surface area contributed by atoms with Gasteiger partial charge in [0.25, 0.3) is 0 Å². The fourth-order valence-electron chi connectivity index (χ4n) is 0.903. The van der Waals surface area contributed by atoms with E-state index in [1.165, 1.54) is 0 Å². The Labute approximate surface area is 93.8 Å². The van der Waals surface area contributed by atoms with Gasteiger partial charge in [-0.2, -0.15) is 15.0 Å². The van der Waals surface area contributed by atoms with Gasteiger partial charge in [-0.3, -0.25) is 0 Å². The van der Waals surface area contributed by atoms with Crippen LogP contribution in [-0.4, -0.2) is 35.7 Å². The van der Waals surface area contributed by atoms with Crippen LogP contribution in [-0.2, 0) is 4.74 Å². The molecule has 1 heterocycles. The van der Waals surface area contributed by atoms with Crippen molar-refractivity contribution in [1.82, 2.24) is 15.0 Å². The Morgan fingerprint density at radius 3 is 2.60 bits per heavy atom. The van der Waals surface area contributed by atoms with Crippen LogP contribution in [0.25, 0.3) is 5.76 Å². The lowest BCUT2D eigenvalue weighted by Gasteiger charge is -2.11. The van der Waals surface area contributed by atoms with Crippen molar-refractivity contribution in [2.45, 2.75) is 6.92 Å². The molecule has 0 atom stereocenters. The summed E-state index contributed by atoms with van der Waals surface area (Å²) in [4.78, 5) is 13.8. The molecule has 0 unspecified atom stereocenters. The molecule has 0 spiro atoms. The molecule has 1 aromatic rings. The van der Waals surface area contributed by atoms with Crippen molar-refractivity contribution in [3.63, 3.8) is 0 Å². The smallest absolute Gasteiger partial charge is 0.229 e. The lowest BCUT2D eigenvalue weighted by Crippen LogP contribution is -2.14. The Kier molecular flexibility index (Phi) is 3.85. The first-order chi connectivity index (χ1) is 7.04. The standard InChI is InChI=1S/C9H13ClN4O/c1-5-15-6(2)7-11-8(10)13-9(12-7)14(3)4/h2,5H2,1,3-4H3. The molecule has 5 nitrogen and oxygen atoms in total. The second kappa shape index (κ2) is 4.93. The predicted molar refractivity (Wildman–Crippen MR) is 59.8 cm³/mol. The number of anilines is 1. The molecule has 1 aromatic heterocycles. The quantitative estimate of drug-likeness (QED) is 0.733. The molecule has 82 valence electrons. The first-order valence-corrected chi connectivity index (χ1v) is 4.83. The summed E-state index contributed by atoms with van der Waals surface area (Å²) in [7, 11) is 3.64. The maximum atomic E-state index is 5.75. The summed E-state index contributed by atoms with van der Waals surface area (Å²) in [6.45, 7) is 6.08. The summed E-state index contributed by atoms with van der Waals surface area (Å²) in [5.74, 6) is 1.23. The van der Waals surface area contributed by atoms with E-state index < -0.39 is 0 Å². The van der Waals surface area contributed by atoms with Gasteiger partial charge >= 0.3 is 0 Å². The van der Waals surface area contributed by atoms with Gasteiger partial charge < -0.3 is 9.64 Å². The van der Waals surface area contributed by atoms with Gasteiger partial charge in [-0.15, -0.1) is 0 Å². The Hall–Kier alpha value is -1.36. The van der Waals surface area contributed by atoms with E-state index in [9.17, 15) is 0 Å². The molecule has 0 aromatic carbocycles. The average molecular weight is 229 g/mol. The first-order valence-electron chi connectivity index (χ1n) is 4.45. The molecule has 15 heavy (non-hydrogen) atoms. The van der Waals surface area contributed by atoms with Gasteiger partial charge in [-0.05, 0) is 18.5 Å². The third kappa shape index (κ3) is 3.06. The molecule has 0 aliphatic carbocycles. The van der Waals surface area contributed by atoms with E-state index in [0.717, 1.165) is 0 Å². The second-order valence-corrected chi connectivity index (χ2v) is 3.32. The summed E-state index contributed by atoms with van der Waals surface area (Å²) in [5.41, 5.74) is 0. The number of hydrogen-bond donors (Lipinski definition) is 0. The van der Waals surface area contributed by atoms with Crippen molar-refractivity contribution in [2.75, 3.05) is 25.6 Å². The molecule has 1 rings (SSSR count). The van der Waals surface area contributed by atoms with Crippen molar-refractivity contribution in [1.29, 1.82) is 0 Å². The van der Waals surface area contributed by atoms with Crippen molar-refractivity contribution in [3.8, 4) is 0 Å². The van der Waals surface area contributed by atoms with Crippen molar-refractivity contribution in [3.05, 3.63) is 17.7 Å². The van der Waals surface area contributed by atoms with Crippen LogP contribution in [0.3, 0.4) is 0 Å². The third-order valence-electron chi connectivity index (χ3n) is 1.56. The summed E-state index contributed by atoms with van der Waals surface area (Å²) in [6, 6.07) is 0. The Morgan fingerprint density at radius 1 is 1.40 bits per heavy atom. The second-order valence-electron chi connectivity index (χ2n) is 2.98. The molecular weight excluding hydrogens is 216 g/mol. The summed E-state index contributed by atoms with van der Waals surface area (Å²) in [6.07, 6.45) is 0. The monoisotopic (exact) mass is 228 g/mol. The molecule has 0 radical (unpaired) electrons. The molecule has 0 aliphatic heterocycles. The summed E-state index contributed by atoms with van der Waals surface area (Å²) in [5, 5.41) is 0.129. The molecule has 0 fully saturated rings. The van der Waals surface area contributed by atoms with Crippen LogP contribution in [0.2, 0.25) is 5.28 Å². The normalized spacial score (nSPS) is 9.87. The fraction of sp³-hybridized carbons (Fsp3) is 0.444. The molecule has 0 saturated carbocycles. The highest BCUT2D eigenvalue weighted by Crippen LogP contribution is 2.14. The van der Waals surface area contributed by atoms with E-state index in [0.29, 0.717) is 24.1 Å². The van der Waals surface area contributed by atoms with Crippen molar-refractivity contribution in [2.24, 2.45) is 0 Å². The van der Waals surface area contributed by atoms with E-state index in [4.69, 9.17) is 16.3 Å². The van der Waals surface area contributed by atoms with Gasteiger partial charge in [-0.1, -0.05) is 6.58 Å². The number of nitrogens with zero attached hydrogens (tertiary/aromatic N) is 4. The van der Waals surface area contributed by atoms with Crippen LogP contribution in [0.5, 0.6) is 0 Å². The largest absolute Gasteiger partial charge is 0.491 e. The van der Waals surface area contributed by atoms with Crippen LogP contribution < -0.4 is 4.90 Å². The first kappa shape index (κ1) is 11.7. The van der Waals surface area contributed by atoms with Crippen LogP contribution in [0, 0.1) is 0 Å². The molecule has 0 aliphatic rings. The Balaban J connectivity index is 3.03. The van der Waals surface area contributed by atoms with E-state index in [1.807, 2.05) is 21.0 Å². The highest BCUT2D eigenvalue weighted by molar-refractivity contribution is 6.28. The Bertz CT molecular complexity index is 367. The minimum Gasteiger partial charge on any atom is -0.491 e. The molecule has 6 heteroatoms. The van der Waals surface area contributed by atoms with Crippen LogP contribution in [0.4, 0.5) is 5.95 Å². The minimum atomic E-state index is 0.129. The van der Waals surface area contributed by atoms with Crippen molar-refractivity contribution < 1.29 is 4.74 Å². The zero-order valence-electron chi connectivity index (χ0n) is 8.99. The third-order valence-corrected chi connectivity index (χ3v) is 1.73. The minimum absolute atomic E-state index is 0.129. The zero-order chi connectivity index (χ0) is 11.4. The van der Waals surface area contributed by atoms with Gasteiger partial charge in [0.15, 0.2) is 5.76 Å². The molecule has 0 bridgehead atoms. The maximum absolute atomic E-state index is 5.75. The zero-order valence-corrected chi connectivity index (χ0v) is 9.75. The van der Waals surface area contributed by atoms with Gasteiger partial charge in [0.05, 0.1) is 6.61 Å². The summed E-state index contributed by atoms with van der Waals surface area (Å²) < 4.78 is 5.19. The lowest BCUT2D eigenvalue weighted by atomic mass is 10.5. The van der Waals surface area contributed by atoms with Gasteiger partial charge in [0.2, 0.25) is 17.1 Å². The van der Waals surface area contributed by atoms with Crippen LogP contribution in [0.15, 0.2) is 6.58 Å². The topological polar surface area (TPSA) is 51.1 Å². The number of ether oxygens (including phenoxy) is 1. The molecule has 0 amide bonds. The SMILES string of the molecule is C=C(OCC)c1nc(Cl)nc(N(C)C)n1. The van der Waals surface area contributed by atoms with Crippen molar-refractivity contribution >= 4 is 23.3 Å². The van der Waals surface area contributed by atoms with E-state index >= 15 is 0 Å². The molecular formula is C9H13ClN4O. The van der Waals surface area contributed by atoms with Gasteiger partial charge in [-0.25, -0.2) is 0 Å². The highest BCUT2D eigenvalue weighted by atomic mass is 35.5. The van der Waals surface area contributed by atoms with E-state index in [1.54, 1.807) is 4.90 Å². The van der Waals surface area contributed by atoms with Gasteiger partial charge in [0.1, 0.15) is 0 Å². The van der Waals surface area contributed by atoms with Gasteiger partial charge in [0, 0.05) is 14.1 Å². The average Bonchev–Trinajstić information content (AvgIpc) is 2.17.